The summed E-state index contributed by atoms with van der Waals surface area (Å²) in [6.07, 6.45) is 0. The first-order valence-electron chi connectivity index (χ1n) is 6.73. The normalized spacial score (nSPS) is 11.0. The van der Waals surface area contributed by atoms with E-state index in [9.17, 15) is 0 Å². The molecule has 0 radical (unpaired) electrons. The second kappa shape index (κ2) is 6.20. The second-order valence-corrected chi connectivity index (χ2v) is 5.66. The predicted octanol–water partition coefficient (Wildman–Crippen LogP) is 3.32. The Morgan fingerprint density at radius 1 is 1.24 bits per heavy atom. The minimum absolute atomic E-state index is 0.534. The van der Waals surface area contributed by atoms with Crippen LogP contribution in [0.2, 0.25) is 0 Å². The summed E-state index contributed by atoms with van der Waals surface area (Å²) in [7, 11) is 1.69. The van der Waals surface area contributed by atoms with E-state index in [1.54, 1.807) is 18.9 Å². The van der Waals surface area contributed by atoms with Crippen LogP contribution in [0.3, 0.4) is 0 Å². The van der Waals surface area contributed by atoms with Gasteiger partial charge in [0.25, 0.3) is 0 Å². The summed E-state index contributed by atoms with van der Waals surface area (Å²) >= 11 is 1.66. The number of aromatic nitrogens is 2. The standard InChI is InChI=1S/C16H17N3OS/c1-20-15-7-6-11(9-17)8-12(15)10-21-16-18-13-4-2-3-5-14(13)19-16/h2-8H,9-10,17H2,1H3,(H,18,19). The molecule has 0 saturated carbocycles. The van der Waals surface area contributed by atoms with Crippen LogP contribution in [-0.2, 0) is 12.3 Å². The Hall–Kier alpha value is -1.98. The van der Waals surface area contributed by atoms with Gasteiger partial charge in [0.2, 0.25) is 0 Å². The molecular weight excluding hydrogens is 282 g/mol. The number of hydrogen-bond acceptors (Lipinski definition) is 4. The number of hydrogen-bond donors (Lipinski definition) is 2. The van der Waals surface area contributed by atoms with E-state index in [2.05, 4.69) is 16.0 Å². The van der Waals surface area contributed by atoms with Gasteiger partial charge in [0.05, 0.1) is 18.1 Å². The van der Waals surface area contributed by atoms with Crippen molar-refractivity contribution in [3.05, 3.63) is 53.6 Å². The molecule has 21 heavy (non-hydrogen) atoms. The Morgan fingerprint density at radius 3 is 2.86 bits per heavy atom. The van der Waals surface area contributed by atoms with Gasteiger partial charge in [-0.2, -0.15) is 0 Å². The summed E-state index contributed by atoms with van der Waals surface area (Å²) in [5.74, 6) is 1.67. The lowest BCUT2D eigenvalue weighted by atomic mass is 10.1. The number of benzene rings is 2. The van der Waals surface area contributed by atoms with Crippen LogP contribution in [0, 0.1) is 0 Å². The van der Waals surface area contributed by atoms with E-state index in [1.165, 1.54) is 0 Å². The highest BCUT2D eigenvalue weighted by Gasteiger charge is 2.07. The number of nitrogens with one attached hydrogen (secondary N) is 1. The molecule has 3 N–H and O–H groups in total. The number of H-pyrrole nitrogens is 1. The Morgan fingerprint density at radius 2 is 2.10 bits per heavy atom. The van der Waals surface area contributed by atoms with Gasteiger partial charge in [-0.15, -0.1) is 0 Å². The number of aromatic amines is 1. The fourth-order valence-corrected chi connectivity index (χ4v) is 3.08. The van der Waals surface area contributed by atoms with Crippen LogP contribution in [0.1, 0.15) is 11.1 Å². The van der Waals surface area contributed by atoms with Crippen LogP contribution >= 0.6 is 11.8 Å². The summed E-state index contributed by atoms with van der Waals surface area (Å²) in [4.78, 5) is 7.89. The first kappa shape index (κ1) is 14.0. The van der Waals surface area contributed by atoms with Crippen molar-refractivity contribution in [2.24, 2.45) is 5.73 Å². The Kier molecular flexibility index (Phi) is 4.13. The highest BCUT2D eigenvalue weighted by atomic mass is 32.2. The SMILES string of the molecule is COc1ccc(CN)cc1CSc1nc2ccccc2[nH]1. The number of para-hydroxylation sites is 2. The molecule has 0 bridgehead atoms. The monoisotopic (exact) mass is 299 g/mol. The van der Waals surface area contributed by atoms with E-state index in [0.29, 0.717) is 6.54 Å². The molecule has 0 saturated heterocycles. The van der Waals surface area contributed by atoms with Gasteiger partial charge in [-0.25, -0.2) is 4.98 Å². The van der Waals surface area contributed by atoms with Crippen LogP contribution in [0.15, 0.2) is 47.6 Å². The maximum atomic E-state index is 5.70. The van der Waals surface area contributed by atoms with Crippen molar-refractivity contribution in [1.82, 2.24) is 9.97 Å². The summed E-state index contributed by atoms with van der Waals surface area (Å²) < 4.78 is 5.41. The molecule has 0 fully saturated rings. The molecule has 3 rings (SSSR count). The molecule has 108 valence electrons. The van der Waals surface area contributed by atoms with Crippen molar-refractivity contribution in [3.8, 4) is 5.75 Å². The van der Waals surface area contributed by atoms with Crippen molar-refractivity contribution in [2.45, 2.75) is 17.5 Å². The van der Waals surface area contributed by atoms with Crippen LogP contribution in [-0.4, -0.2) is 17.1 Å². The van der Waals surface area contributed by atoms with Crippen molar-refractivity contribution in [3.63, 3.8) is 0 Å². The van der Waals surface area contributed by atoms with E-state index in [0.717, 1.165) is 38.8 Å². The smallest absolute Gasteiger partial charge is 0.166 e. The maximum Gasteiger partial charge on any atom is 0.166 e. The Balaban J connectivity index is 1.80. The summed E-state index contributed by atoms with van der Waals surface area (Å²) in [6, 6.07) is 14.1. The third kappa shape index (κ3) is 3.04. The third-order valence-corrected chi connectivity index (χ3v) is 4.23. The van der Waals surface area contributed by atoms with Gasteiger partial charge in [-0.3, -0.25) is 0 Å². The van der Waals surface area contributed by atoms with Gasteiger partial charge in [0.15, 0.2) is 5.16 Å². The Bertz CT molecular complexity index is 721. The summed E-state index contributed by atoms with van der Waals surface area (Å²) in [5, 5.41) is 0.913. The molecule has 3 aromatic rings. The molecular formula is C16H17N3OS. The number of fused-ring (bicyclic) bond motifs is 1. The fraction of sp³-hybridized carbons (Fsp3) is 0.188. The average molecular weight is 299 g/mol. The third-order valence-electron chi connectivity index (χ3n) is 3.31. The van der Waals surface area contributed by atoms with Crippen LogP contribution in [0.5, 0.6) is 5.75 Å². The minimum atomic E-state index is 0.534. The minimum Gasteiger partial charge on any atom is -0.496 e. The van der Waals surface area contributed by atoms with Crippen molar-refractivity contribution < 1.29 is 4.74 Å². The van der Waals surface area contributed by atoms with E-state index >= 15 is 0 Å². The molecule has 0 amide bonds. The molecule has 0 spiro atoms. The second-order valence-electron chi connectivity index (χ2n) is 4.70. The molecule has 1 heterocycles. The largest absolute Gasteiger partial charge is 0.496 e. The van der Waals surface area contributed by atoms with E-state index in [1.807, 2.05) is 36.4 Å². The number of nitrogens with zero attached hydrogens (tertiary/aromatic N) is 1. The van der Waals surface area contributed by atoms with Gasteiger partial charge in [0.1, 0.15) is 5.75 Å². The van der Waals surface area contributed by atoms with Gasteiger partial charge in [-0.05, 0) is 29.8 Å². The number of thioether (sulfide) groups is 1. The lowest BCUT2D eigenvalue weighted by molar-refractivity contribution is 0.411. The highest BCUT2D eigenvalue weighted by Crippen LogP contribution is 2.28. The van der Waals surface area contributed by atoms with Crippen molar-refractivity contribution >= 4 is 22.8 Å². The van der Waals surface area contributed by atoms with Gasteiger partial charge < -0.3 is 15.5 Å². The molecule has 0 aliphatic rings. The molecule has 0 atom stereocenters. The number of nitrogens with two attached hydrogens (primary N) is 1. The van der Waals surface area contributed by atoms with Gasteiger partial charge in [0, 0.05) is 17.9 Å². The lowest BCUT2D eigenvalue weighted by Gasteiger charge is -2.09. The average Bonchev–Trinajstić information content (AvgIpc) is 2.95. The predicted molar refractivity (Wildman–Crippen MR) is 86.5 cm³/mol. The molecule has 0 unspecified atom stereocenters. The quantitative estimate of drug-likeness (QED) is 0.709. The summed E-state index contributed by atoms with van der Waals surface area (Å²) in [6.45, 7) is 0.534. The maximum absolute atomic E-state index is 5.70. The number of imidazole rings is 1. The summed E-state index contributed by atoms with van der Waals surface area (Å²) in [5.41, 5.74) is 9.99. The number of ether oxygens (including phenoxy) is 1. The lowest BCUT2D eigenvalue weighted by Crippen LogP contribution is -1.98. The van der Waals surface area contributed by atoms with Crippen molar-refractivity contribution in [1.29, 1.82) is 0 Å². The first-order chi connectivity index (χ1) is 10.3. The van der Waals surface area contributed by atoms with E-state index in [4.69, 9.17) is 10.5 Å². The van der Waals surface area contributed by atoms with E-state index in [-0.39, 0.29) is 0 Å². The number of rotatable bonds is 5. The zero-order chi connectivity index (χ0) is 14.7. The van der Waals surface area contributed by atoms with Crippen LogP contribution in [0.4, 0.5) is 0 Å². The fourth-order valence-electron chi connectivity index (χ4n) is 2.22. The first-order valence-corrected chi connectivity index (χ1v) is 7.72. The molecule has 2 aromatic carbocycles. The van der Waals surface area contributed by atoms with Gasteiger partial charge >= 0.3 is 0 Å². The topological polar surface area (TPSA) is 63.9 Å². The van der Waals surface area contributed by atoms with Gasteiger partial charge in [-0.1, -0.05) is 30.0 Å². The molecule has 0 aliphatic carbocycles. The number of methoxy groups -OCH3 is 1. The van der Waals surface area contributed by atoms with E-state index < -0.39 is 0 Å². The van der Waals surface area contributed by atoms with Crippen LogP contribution < -0.4 is 10.5 Å². The molecule has 0 aliphatic heterocycles. The zero-order valence-corrected chi connectivity index (χ0v) is 12.6. The Labute approximate surface area is 127 Å². The molecule has 4 nitrogen and oxygen atoms in total. The molecule has 1 aromatic heterocycles. The van der Waals surface area contributed by atoms with Crippen LogP contribution in [0.25, 0.3) is 11.0 Å². The zero-order valence-electron chi connectivity index (χ0n) is 11.8. The highest BCUT2D eigenvalue weighted by molar-refractivity contribution is 7.98. The van der Waals surface area contributed by atoms with Crippen molar-refractivity contribution in [2.75, 3.05) is 7.11 Å². The molecule has 5 heteroatoms.